The first-order chi connectivity index (χ1) is 16.4. The Labute approximate surface area is 193 Å². The number of rotatable bonds is 7. The summed E-state index contributed by atoms with van der Waals surface area (Å²) in [5, 5.41) is 0. The van der Waals surface area contributed by atoms with Crippen LogP contribution < -0.4 is 21.9 Å². The number of benzene rings is 2. The minimum absolute atomic E-state index is 0.0944. The van der Waals surface area contributed by atoms with Gasteiger partial charge in [0.1, 0.15) is 17.4 Å². The smallest absolute Gasteiger partial charge is 0.330 e. The molecule has 1 amide bonds. The molecular weight excluding hydrogens is 439 g/mol. The molecule has 8 nitrogen and oxygen atoms in total. The second kappa shape index (κ2) is 9.86. The molecule has 4 aromatic rings. The standard InChI is InChI=1S/C25H21FN4O4/c26-19-9-4-8-17(14-19)11-12-21(31)29(16-20-10-5-13-34-20)22-23(27)30(25(33)28-24(22)32)15-18-6-2-1-3-7-18/h1-14H,15-16,27H2,(H,28,32,33)/b12-11-. The SMILES string of the molecule is Nc1c(N(Cc2ccco2)C(=O)/C=C\c2cccc(F)c2)c(=O)[nH]c(=O)n1Cc1ccccc1. The zero-order valence-electron chi connectivity index (χ0n) is 18.0. The van der Waals surface area contributed by atoms with Crippen molar-refractivity contribution in [1.29, 1.82) is 0 Å². The van der Waals surface area contributed by atoms with Crippen LogP contribution in [-0.4, -0.2) is 15.5 Å². The van der Waals surface area contributed by atoms with Crippen LogP contribution in [0.2, 0.25) is 0 Å². The lowest BCUT2D eigenvalue weighted by Gasteiger charge is -2.22. The van der Waals surface area contributed by atoms with Gasteiger partial charge in [-0.1, -0.05) is 42.5 Å². The molecule has 0 saturated carbocycles. The van der Waals surface area contributed by atoms with Crippen molar-refractivity contribution in [3.63, 3.8) is 0 Å². The maximum absolute atomic E-state index is 13.5. The first-order valence-corrected chi connectivity index (χ1v) is 10.4. The van der Waals surface area contributed by atoms with Gasteiger partial charge in [-0.25, -0.2) is 9.18 Å². The number of nitrogens with one attached hydrogen (secondary N) is 1. The topological polar surface area (TPSA) is 114 Å². The average Bonchev–Trinajstić information content (AvgIpc) is 3.33. The molecule has 0 atom stereocenters. The fraction of sp³-hybridized carbons (Fsp3) is 0.0800. The quantitative estimate of drug-likeness (QED) is 0.411. The molecule has 0 bridgehead atoms. The van der Waals surface area contributed by atoms with Crippen molar-refractivity contribution in [2.24, 2.45) is 0 Å². The molecule has 9 heteroatoms. The molecule has 2 aromatic carbocycles. The molecule has 34 heavy (non-hydrogen) atoms. The van der Waals surface area contributed by atoms with Gasteiger partial charge in [0.2, 0.25) is 0 Å². The Bertz CT molecular complexity index is 1440. The number of hydrogen-bond acceptors (Lipinski definition) is 5. The second-order valence-electron chi connectivity index (χ2n) is 7.46. The van der Waals surface area contributed by atoms with E-state index in [0.717, 1.165) is 10.5 Å². The van der Waals surface area contributed by atoms with E-state index in [-0.39, 0.29) is 24.6 Å². The first-order valence-electron chi connectivity index (χ1n) is 10.4. The number of nitrogens with two attached hydrogens (primary N) is 1. The van der Waals surface area contributed by atoms with E-state index in [2.05, 4.69) is 4.98 Å². The van der Waals surface area contributed by atoms with Crippen LogP contribution in [0.1, 0.15) is 16.9 Å². The fourth-order valence-electron chi connectivity index (χ4n) is 3.45. The molecular formula is C25H21FN4O4. The van der Waals surface area contributed by atoms with Crippen molar-refractivity contribution >= 4 is 23.5 Å². The van der Waals surface area contributed by atoms with Crippen LogP contribution in [0.25, 0.3) is 6.08 Å². The van der Waals surface area contributed by atoms with Gasteiger partial charge in [-0.15, -0.1) is 0 Å². The van der Waals surface area contributed by atoms with E-state index in [9.17, 15) is 18.8 Å². The van der Waals surface area contributed by atoms with Crippen LogP contribution in [0, 0.1) is 5.82 Å². The summed E-state index contributed by atoms with van der Waals surface area (Å²) in [6.07, 6.45) is 4.05. The van der Waals surface area contributed by atoms with Gasteiger partial charge in [-0.2, -0.15) is 0 Å². The lowest BCUT2D eigenvalue weighted by atomic mass is 10.2. The number of halogens is 1. The number of aromatic nitrogens is 2. The summed E-state index contributed by atoms with van der Waals surface area (Å²) >= 11 is 0. The molecule has 0 unspecified atom stereocenters. The Morgan fingerprint density at radius 1 is 1.09 bits per heavy atom. The van der Waals surface area contributed by atoms with Crippen LogP contribution in [-0.2, 0) is 17.9 Å². The van der Waals surface area contributed by atoms with Gasteiger partial charge in [0.15, 0.2) is 5.69 Å². The highest BCUT2D eigenvalue weighted by molar-refractivity contribution is 6.05. The summed E-state index contributed by atoms with van der Waals surface area (Å²) in [4.78, 5) is 41.9. The van der Waals surface area contributed by atoms with Crippen molar-refractivity contribution in [3.05, 3.63) is 123 Å². The van der Waals surface area contributed by atoms with E-state index in [0.29, 0.717) is 11.3 Å². The Morgan fingerprint density at radius 2 is 1.88 bits per heavy atom. The Balaban J connectivity index is 1.76. The first kappa shape index (κ1) is 22.5. The molecule has 0 fully saturated rings. The van der Waals surface area contributed by atoms with Gasteiger partial charge in [-0.05, 0) is 41.5 Å². The van der Waals surface area contributed by atoms with Crippen molar-refractivity contribution < 1.29 is 13.6 Å². The summed E-state index contributed by atoms with van der Waals surface area (Å²) in [6.45, 7) is -0.0205. The van der Waals surface area contributed by atoms with Gasteiger partial charge in [0, 0.05) is 6.08 Å². The van der Waals surface area contributed by atoms with Gasteiger partial charge < -0.3 is 10.2 Å². The Morgan fingerprint density at radius 3 is 2.59 bits per heavy atom. The van der Waals surface area contributed by atoms with Gasteiger partial charge in [-0.3, -0.25) is 24.0 Å². The van der Waals surface area contributed by atoms with Crippen molar-refractivity contribution in [2.45, 2.75) is 13.1 Å². The lowest BCUT2D eigenvalue weighted by Crippen LogP contribution is -2.40. The van der Waals surface area contributed by atoms with E-state index in [1.165, 1.54) is 41.2 Å². The number of aromatic amines is 1. The predicted octanol–water partition coefficient (Wildman–Crippen LogP) is 3.15. The molecule has 2 aromatic heterocycles. The maximum atomic E-state index is 13.5. The zero-order chi connectivity index (χ0) is 24.1. The third-order valence-electron chi connectivity index (χ3n) is 5.09. The van der Waals surface area contributed by atoms with Crippen molar-refractivity contribution in [2.75, 3.05) is 10.6 Å². The molecule has 4 rings (SSSR count). The average molecular weight is 460 g/mol. The molecule has 0 aliphatic rings. The van der Waals surface area contributed by atoms with Gasteiger partial charge >= 0.3 is 5.69 Å². The molecule has 0 radical (unpaired) electrons. The maximum Gasteiger partial charge on any atom is 0.330 e. The van der Waals surface area contributed by atoms with Crippen LogP contribution in [0.3, 0.4) is 0 Å². The molecule has 0 saturated heterocycles. The minimum atomic E-state index is -0.814. The summed E-state index contributed by atoms with van der Waals surface area (Å²) in [5.74, 6) is -0.831. The van der Waals surface area contributed by atoms with E-state index < -0.39 is 23.0 Å². The Hall–Kier alpha value is -4.66. The molecule has 0 aliphatic carbocycles. The van der Waals surface area contributed by atoms with Crippen LogP contribution >= 0.6 is 0 Å². The Kier molecular flexibility index (Phi) is 6.54. The number of amides is 1. The molecule has 0 spiro atoms. The minimum Gasteiger partial charge on any atom is -0.467 e. The molecule has 0 aliphatic heterocycles. The monoisotopic (exact) mass is 460 g/mol. The van der Waals surface area contributed by atoms with E-state index >= 15 is 0 Å². The zero-order valence-corrected chi connectivity index (χ0v) is 18.0. The number of nitrogen functional groups attached to an aromatic ring is 1. The van der Waals surface area contributed by atoms with Crippen molar-refractivity contribution in [3.8, 4) is 0 Å². The lowest BCUT2D eigenvalue weighted by molar-refractivity contribution is -0.114. The fourth-order valence-corrected chi connectivity index (χ4v) is 3.45. The third-order valence-corrected chi connectivity index (χ3v) is 5.09. The number of carbonyl (C=O) groups is 1. The normalized spacial score (nSPS) is 11.1. The highest BCUT2D eigenvalue weighted by Gasteiger charge is 2.24. The number of H-pyrrole nitrogens is 1. The van der Waals surface area contributed by atoms with Crippen LogP contribution in [0.5, 0.6) is 0 Å². The van der Waals surface area contributed by atoms with Crippen LogP contribution in [0.4, 0.5) is 15.9 Å². The number of carbonyl (C=O) groups excluding carboxylic acids is 1. The number of hydrogen-bond donors (Lipinski definition) is 2. The summed E-state index contributed by atoms with van der Waals surface area (Å²) in [7, 11) is 0. The van der Waals surface area contributed by atoms with Gasteiger partial charge in [0.05, 0.1) is 19.4 Å². The van der Waals surface area contributed by atoms with Gasteiger partial charge in [0.25, 0.3) is 11.5 Å². The highest BCUT2D eigenvalue weighted by Crippen LogP contribution is 2.21. The van der Waals surface area contributed by atoms with E-state index in [4.69, 9.17) is 10.2 Å². The highest BCUT2D eigenvalue weighted by atomic mass is 19.1. The third kappa shape index (κ3) is 5.04. The van der Waals surface area contributed by atoms with Crippen molar-refractivity contribution in [1.82, 2.24) is 9.55 Å². The molecule has 172 valence electrons. The molecule has 2 heterocycles. The summed E-state index contributed by atoms with van der Waals surface area (Å²) in [6, 6.07) is 18.1. The predicted molar refractivity (Wildman–Crippen MR) is 127 cm³/mol. The number of anilines is 2. The summed E-state index contributed by atoms with van der Waals surface area (Å²) < 4.78 is 20.0. The van der Waals surface area contributed by atoms with Crippen LogP contribution in [0.15, 0.2) is 93.1 Å². The largest absolute Gasteiger partial charge is 0.467 e. The molecule has 3 N–H and O–H groups in total. The van der Waals surface area contributed by atoms with E-state index in [1.807, 2.05) is 30.3 Å². The second-order valence-corrected chi connectivity index (χ2v) is 7.46. The summed E-state index contributed by atoms with van der Waals surface area (Å²) in [5.41, 5.74) is 5.81. The van der Waals surface area contributed by atoms with E-state index in [1.54, 1.807) is 18.2 Å². The number of furan rings is 1. The number of nitrogens with zero attached hydrogens (tertiary/aromatic N) is 2.